The van der Waals surface area contributed by atoms with Crippen molar-refractivity contribution in [3.05, 3.63) is 89.0 Å². The van der Waals surface area contributed by atoms with Crippen LogP contribution < -0.4 is 5.73 Å². The molecule has 0 heterocycles. The van der Waals surface area contributed by atoms with Gasteiger partial charge < -0.3 is 5.73 Å². The van der Waals surface area contributed by atoms with Crippen molar-refractivity contribution >= 4 is 16.5 Å². The molecule has 5 rings (SSSR count). The van der Waals surface area contributed by atoms with Crippen LogP contribution >= 0.6 is 0 Å². The number of hydrogen-bond acceptors (Lipinski definition) is 1. The summed E-state index contributed by atoms with van der Waals surface area (Å²) < 4.78 is 0. The van der Waals surface area contributed by atoms with Crippen LogP contribution in [0.3, 0.4) is 0 Å². The lowest BCUT2D eigenvalue weighted by Gasteiger charge is -2.20. The van der Waals surface area contributed by atoms with Crippen LogP contribution in [0.1, 0.15) is 22.3 Å². The molecule has 1 aliphatic carbocycles. The van der Waals surface area contributed by atoms with Gasteiger partial charge in [0.1, 0.15) is 0 Å². The van der Waals surface area contributed by atoms with E-state index in [4.69, 9.17) is 5.73 Å². The zero-order valence-corrected chi connectivity index (χ0v) is 15.1. The van der Waals surface area contributed by atoms with Crippen molar-refractivity contribution in [2.24, 2.45) is 0 Å². The molecule has 0 unspecified atom stereocenters. The third-order valence-corrected chi connectivity index (χ3v) is 5.93. The van der Waals surface area contributed by atoms with Crippen LogP contribution in [0.4, 0.5) is 5.69 Å². The van der Waals surface area contributed by atoms with E-state index in [9.17, 15) is 0 Å². The van der Waals surface area contributed by atoms with Crippen LogP contribution in [0.15, 0.2) is 66.7 Å². The number of nitrogens with two attached hydrogens (primary N) is 1. The van der Waals surface area contributed by atoms with Crippen LogP contribution in [0.2, 0.25) is 0 Å². The van der Waals surface area contributed by atoms with E-state index in [1.165, 1.54) is 55.3 Å². The summed E-state index contributed by atoms with van der Waals surface area (Å²) in [6.07, 6.45) is 0.927. The fraction of sp³-hybridized carbons (Fsp3) is 0.120. The van der Waals surface area contributed by atoms with Gasteiger partial charge in [0.2, 0.25) is 0 Å². The number of nitrogen functional groups attached to an aromatic ring is 1. The third kappa shape index (κ3) is 1.97. The Bertz CT molecular complexity index is 1180. The predicted octanol–water partition coefficient (Wildman–Crippen LogP) is 6.28. The second-order valence-corrected chi connectivity index (χ2v) is 7.25. The second-order valence-electron chi connectivity index (χ2n) is 7.25. The summed E-state index contributed by atoms with van der Waals surface area (Å²) in [6, 6.07) is 24.0. The van der Waals surface area contributed by atoms with Gasteiger partial charge in [0.15, 0.2) is 0 Å². The highest BCUT2D eigenvalue weighted by atomic mass is 14.6. The van der Waals surface area contributed by atoms with Crippen molar-refractivity contribution < 1.29 is 0 Å². The van der Waals surface area contributed by atoms with Gasteiger partial charge >= 0.3 is 0 Å². The Morgan fingerprint density at radius 2 is 1.38 bits per heavy atom. The summed E-state index contributed by atoms with van der Waals surface area (Å²) in [6.45, 7) is 4.37. The molecule has 126 valence electrons. The maximum Gasteiger partial charge on any atom is 0.0389 e. The minimum absolute atomic E-state index is 0.927. The Kier molecular flexibility index (Phi) is 3.20. The lowest BCUT2D eigenvalue weighted by Crippen LogP contribution is -2.02. The first-order valence-corrected chi connectivity index (χ1v) is 9.14. The molecule has 2 N–H and O–H groups in total. The molecule has 1 nitrogen and oxygen atoms in total. The molecular formula is C25H21N. The third-order valence-electron chi connectivity index (χ3n) is 5.93. The van der Waals surface area contributed by atoms with Crippen LogP contribution in [0, 0.1) is 13.8 Å². The summed E-state index contributed by atoms with van der Waals surface area (Å²) in [4.78, 5) is 0. The number of rotatable bonds is 1. The quantitative estimate of drug-likeness (QED) is 0.359. The van der Waals surface area contributed by atoms with Crippen molar-refractivity contribution in [1.82, 2.24) is 0 Å². The first kappa shape index (κ1) is 15.2. The highest BCUT2D eigenvalue weighted by Gasteiger charge is 2.27. The summed E-state index contributed by atoms with van der Waals surface area (Å²) in [5, 5.41) is 2.58. The molecule has 0 bridgehead atoms. The van der Waals surface area contributed by atoms with E-state index in [1.807, 2.05) is 0 Å². The van der Waals surface area contributed by atoms with E-state index in [-0.39, 0.29) is 0 Å². The molecule has 0 saturated heterocycles. The Morgan fingerprint density at radius 1 is 0.692 bits per heavy atom. The zero-order valence-electron chi connectivity index (χ0n) is 15.1. The minimum Gasteiger partial charge on any atom is -0.398 e. The molecule has 0 aromatic heterocycles. The Labute approximate surface area is 154 Å². The molecule has 26 heavy (non-hydrogen) atoms. The van der Waals surface area contributed by atoms with E-state index >= 15 is 0 Å². The SMILES string of the molecule is Cc1c(C)c(-c2cccc3ccccc23)c2c(c1N)Cc1ccccc1-2. The van der Waals surface area contributed by atoms with Gasteiger partial charge in [-0.25, -0.2) is 0 Å². The van der Waals surface area contributed by atoms with Crippen molar-refractivity contribution in [3.8, 4) is 22.3 Å². The second kappa shape index (κ2) is 5.47. The molecule has 0 radical (unpaired) electrons. The zero-order chi connectivity index (χ0) is 17.8. The molecule has 4 aromatic carbocycles. The molecule has 0 saturated carbocycles. The molecule has 0 atom stereocenters. The fourth-order valence-corrected chi connectivity index (χ4v) is 4.46. The Hall–Kier alpha value is -3.06. The highest BCUT2D eigenvalue weighted by molar-refractivity contribution is 6.04. The maximum atomic E-state index is 6.57. The average Bonchev–Trinajstić information content (AvgIpc) is 3.06. The molecular weight excluding hydrogens is 314 g/mol. The van der Waals surface area contributed by atoms with Gasteiger partial charge in [0.05, 0.1) is 0 Å². The number of benzene rings is 4. The number of anilines is 1. The van der Waals surface area contributed by atoms with Gasteiger partial charge in [-0.3, -0.25) is 0 Å². The van der Waals surface area contributed by atoms with E-state index in [0.717, 1.165) is 12.1 Å². The van der Waals surface area contributed by atoms with E-state index < -0.39 is 0 Å². The minimum atomic E-state index is 0.927. The molecule has 0 aliphatic heterocycles. The normalized spacial score (nSPS) is 12.2. The van der Waals surface area contributed by atoms with Crippen LogP contribution in [0.25, 0.3) is 33.0 Å². The van der Waals surface area contributed by atoms with Crippen LogP contribution in [-0.2, 0) is 6.42 Å². The Balaban J connectivity index is 1.95. The van der Waals surface area contributed by atoms with Crippen molar-refractivity contribution in [2.45, 2.75) is 20.3 Å². The summed E-state index contributed by atoms with van der Waals surface area (Å²) in [5.74, 6) is 0. The monoisotopic (exact) mass is 335 g/mol. The van der Waals surface area contributed by atoms with Crippen molar-refractivity contribution in [2.75, 3.05) is 5.73 Å². The van der Waals surface area contributed by atoms with E-state index in [0.29, 0.717) is 0 Å². The standard InChI is InChI=1S/C25H21N/c1-15-16(2)25(26)22-14-18-9-4-6-12-20(18)24(22)23(15)21-13-7-10-17-8-3-5-11-19(17)21/h3-13H,14,26H2,1-2H3. The Morgan fingerprint density at radius 3 is 2.27 bits per heavy atom. The summed E-state index contributed by atoms with van der Waals surface area (Å²) in [7, 11) is 0. The summed E-state index contributed by atoms with van der Waals surface area (Å²) >= 11 is 0. The molecule has 0 amide bonds. The smallest absolute Gasteiger partial charge is 0.0389 e. The van der Waals surface area contributed by atoms with E-state index in [2.05, 4.69) is 80.6 Å². The van der Waals surface area contributed by atoms with Gasteiger partial charge in [-0.1, -0.05) is 66.7 Å². The topological polar surface area (TPSA) is 26.0 Å². The van der Waals surface area contributed by atoms with Crippen molar-refractivity contribution in [1.29, 1.82) is 0 Å². The lowest BCUT2D eigenvalue weighted by atomic mass is 9.85. The number of fused-ring (bicyclic) bond motifs is 4. The molecule has 1 aliphatic rings. The maximum absolute atomic E-state index is 6.57. The van der Waals surface area contributed by atoms with Gasteiger partial charge in [0, 0.05) is 12.1 Å². The average molecular weight is 335 g/mol. The first-order chi connectivity index (χ1) is 12.7. The van der Waals surface area contributed by atoms with Gasteiger partial charge in [-0.05, 0) is 69.1 Å². The number of hydrogen-bond donors (Lipinski definition) is 1. The molecule has 4 aromatic rings. The largest absolute Gasteiger partial charge is 0.398 e. The summed E-state index contributed by atoms with van der Waals surface area (Å²) in [5.41, 5.74) is 18.0. The predicted molar refractivity (Wildman–Crippen MR) is 112 cm³/mol. The fourth-order valence-electron chi connectivity index (χ4n) is 4.46. The highest BCUT2D eigenvalue weighted by Crippen LogP contribution is 2.49. The lowest BCUT2D eigenvalue weighted by molar-refractivity contribution is 1.24. The van der Waals surface area contributed by atoms with Gasteiger partial charge in [0.25, 0.3) is 0 Å². The van der Waals surface area contributed by atoms with Gasteiger partial charge in [-0.2, -0.15) is 0 Å². The van der Waals surface area contributed by atoms with Gasteiger partial charge in [-0.15, -0.1) is 0 Å². The van der Waals surface area contributed by atoms with Crippen molar-refractivity contribution in [3.63, 3.8) is 0 Å². The molecule has 0 fully saturated rings. The van der Waals surface area contributed by atoms with Crippen LogP contribution in [0.5, 0.6) is 0 Å². The van der Waals surface area contributed by atoms with E-state index in [1.54, 1.807) is 0 Å². The molecule has 1 heteroatoms. The first-order valence-electron chi connectivity index (χ1n) is 9.14. The van der Waals surface area contributed by atoms with Crippen LogP contribution in [-0.4, -0.2) is 0 Å². The molecule has 0 spiro atoms.